The van der Waals surface area contributed by atoms with Gasteiger partial charge in [0, 0.05) is 5.69 Å². The van der Waals surface area contributed by atoms with E-state index in [0.29, 0.717) is 0 Å². The molecule has 0 saturated carbocycles. The fourth-order valence-electron chi connectivity index (χ4n) is 1.82. The lowest BCUT2D eigenvalue weighted by atomic mass is 10.1. The first-order valence-corrected chi connectivity index (χ1v) is 6.32. The molecule has 0 saturated heterocycles. The number of halogens is 4. The fraction of sp³-hybridized carbons (Fsp3) is 0.133. The summed E-state index contributed by atoms with van der Waals surface area (Å²) in [6.07, 6.45) is -4.52. The molecule has 2 N–H and O–H groups in total. The third-order valence-electron chi connectivity index (χ3n) is 2.82. The molecule has 116 valence electrons. The van der Waals surface area contributed by atoms with Crippen molar-refractivity contribution in [1.29, 1.82) is 0 Å². The number of hydrogen-bond donors (Lipinski definition) is 2. The highest BCUT2D eigenvalue weighted by Crippen LogP contribution is 2.34. The normalized spacial score (nSPS) is 11.1. The van der Waals surface area contributed by atoms with Gasteiger partial charge in [0.2, 0.25) is 5.91 Å². The molecule has 0 heterocycles. The van der Waals surface area contributed by atoms with Crippen LogP contribution < -0.4 is 10.6 Å². The van der Waals surface area contributed by atoms with Gasteiger partial charge in [0.15, 0.2) is 0 Å². The second-order valence-corrected chi connectivity index (χ2v) is 4.42. The molecule has 0 atom stereocenters. The summed E-state index contributed by atoms with van der Waals surface area (Å²) < 4.78 is 51.7. The number of carbonyl (C=O) groups excluding carboxylic acids is 1. The molecular formula is C15H12F4N2O. The molecule has 7 heteroatoms. The molecular weight excluding hydrogens is 300 g/mol. The van der Waals surface area contributed by atoms with Crippen LogP contribution in [0.25, 0.3) is 0 Å². The second-order valence-electron chi connectivity index (χ2n) is 4.42. The van der Waals surface area contributed by atoms with Crippen LogP contribution >= 0.6 is 0 Å². The van der Waals surface area contributed by atoms with Crippen LogP contribution in [0.3, 0.4) is 0 Å². The van der Waals surface area contributed by atoms with Gasteiger partial charge in [0.1, 0.15) is 5.82 Å². The number of rotatable bonds is 4. The maximum absolute atomic E-state index is 13.3. The Labute approximate surface area is 124 Å². The molecule has 22 heavy (non-hydrogen) atoms. The van der Waals surface area contributed by atoms with E-state index in [2.05, 4.69) is 10.6 Å². The summed E-state index contributed by atoms with van der Waals surface area (Å²) in [6.45, 7) is -0.415. The highest BCUT2D eigenvalue weighted by atomic mass is 19.4. The molecule has 0 fully saturated rings. The quantitative estimate of drug-likeness (QED) is 0.841. The molecule has 0 radical (unpaired) electrons. The SMILES string of the molecule is O=C(CNc1ccccc1C(F)(F)F)Nc1ccccc1F. The van der Waals surface area contributed by atoms with Crippen LogP contribution in [-0.2, 0) is 11.0 Å². The van der Waals surface area contributed by atoms with Crippen molar-refractivity contribution in [3.05, 3.63) is 59.9 Å². The van der Waals surface area contributed by atoms with Gasteiger partial charge >= 0.3 is 6.18 Å². The molecule has 0 aliphatic carbocycles. The monoisotopic (exact) mass is 312 g/mol. The summed E-state index contributed by atoms with van der Waals surface area (Å²) in [5.74, 6) is -1.27. The topological polar surface area (TPSA) is 41.1 Å². The molecule has 0 bridgehead atoms. The number of hydrogen-bond acceptors (Lipinski definition) is 2. The van der Waals surface area contributed by atoms with E-state index in [1.165, 1.54) is 42.5 Å². The van der Waals surface area contributed by atoms with E-state index in [0.717, 1.165) is 6.07 Å². The highest BCUT2D eigenvalue weighted by Gasteiger charge is 2.33. The van der Waals surface area contributed by atoms with Crippen molar-refractivity contribution < 1.29 is 22.4 Å². The largest absolute Gasteiger partial charge is 0.418 e. The number of anilines is 2. The van der Waals surface area contributed by atoms with Crippen LogP contribution in [0.5, 0.6) is 0 Å². The summed E-state index contributed by atoms with van der Waals surface area (Å²) in [7, 11) is 0. The van der Waals surface area contributed by atoms with Crippen molar-refractivity contribution in [3.8, 4) is 0 Å². The molecule has 0 unspecified atom stereocenters. The first-order valence-electron chi connectivity index (χ1n) is 6.32. The van der Waals surface area contributed by atoms with Crippen LogP contribution in [0.1, 0.15) is 5.56 Å². The van der Waals surface area contributed by atoms with Crippen molar-refractivity contribution in [2.75, 3.05) is 17.2 Å². The summed E-state index contributed by atoms with van der Waals surface area (Å²) in [4.78, 5) is 11.7. The molecule has 0 spiro atoms. The predicted molar refractivity (Wildman–Crippen MR) is 75.0 cm³/mol. The summed E-state index contributed by atoms with van der Waals surface area (Å²) in [5, 5.41) is 4.69. The van der Waals surface area contributed by atoms with Gasteiger partial charge in [-0.1, -0.05) is 24.3 Å². The zero-order valence-corrected chi connectivity index (χ0v) is 11.2. The van der Waals surface area contributed by atoms with Crippen molar-refractivity contribution in [1.82, 2.24) is 0 Å². The first kappa shape index (κ1) is 15.8. The number of para-hydroxylation sites is 2. The molecule has 2 aromatic carbocycles. The Morgan fingerprint density at radius 1 is 0.955 bits per heavy atom. The van der Waals surface area contributed by atoms with E-state index in [1.807, 2.05) is 0 Å². The minimum absolute atomic E-state index is 0.0293. The fourth-order valence-corrected chi connectivity index (χ4v) is 1.82. The Balaban J connectivity index is 2.02. The predicted octanol–water partition coefficient (Wildman–Crippen LogP) is 3.90. The number of carbonyl (C=O) groups is 1. The smallest absolute Gasteiger partial charge is 0.376 e. The number of amides is 1. The Bertz CT molecular complexity index is 671. The van der Waals surface area contributed by atoms with Crippen LogP contribution in [0.2, 0.25) is 0 Å². The zero-order valence-electron chi connectivity index (χ0n) is 11.2. The molecule has 0 aliphatic rings. The van der Waals surface area contributed by atoms with Crippen molar-refractivity contribution >= 4 is 17.3 Å². The maximum Gasteiger partial charge on any atom is 0.418 e. The Hall–Kier alpha value is -2.57. The van der Waals surface area contributed by atoms with Gasteiger partial charge in [-0.05, 0) is 24.3 Å². The maximum atomic E-state index is 13.3. The van der Waals surface area contributed by atoms with E-state index >= 15 is 0 Å². The van der Waals surface area contributed by atoms with Crippen LogP contribution in [0.15, 0.2) is 48.5 Å². The van der Waals surface area contributed by atoms with Gasteiger partial charge < -0.3 is 10.6 Å². The Morgan fingerprint density at radius 2 is 1.55 bits per heavy atom. The van der Waals surface area contributed by atoms with Gasteiger partial charge in [-0.15, -0.1) is 0 Å². The Kier molecular flexibility index (Phi) is 4.65. The van der Waals surface area contributed by atoms with E-state index in [9.17, 15) is 22.4 Å². The standard InChI is InChI=1S/C15H12F4N2O/c16-11-6-2-4-8-13(11)21-14(22)9-20-12-7-3-1-5-10(12)15(17,18)19/h1-8,20H,9H2,(H,21,22). The van der Waals surface area contributed by atoms with E-state index < -0.39 is 30.0 Å². The lowest BCUT2D eigenvalue weighted by Gasteiger charge is -2.14. The van der Waals surface area contributed by atoms with Gasteiger partial charge in [0.05, 0.1) is 17.8 Å². The van der Waals surface area contributed by atoms with Crippen LogP contribution in [-0.4, -0.2) is 12.5 Å². The lowest BCUT2D eigenvalue weighted by Crippen LogP contribution is -2.23. The van der Waals surface area contributed by atoms with Crippen molar-refractivity contribution in [3.63, 3.8) is 0 Å². The van der Waals surface area contributed by atoms with Crippen LogP contribution in [0.4, 0.5) is 28.9 Å². The summed E-state index contributed by atoms with van der Waals surface area (Å²) >= 11 is 0. The van der Waals surface area contributed by atoms with Crippen LogP contribution in [0, 0.1) is 5.82 Å². The van der Waals surface area contributed by atoms with Gasteiger partial charge in [-0.25, -0.2) is 4.39 Å². The molecule has 3 nitrogen and oxygen atoms in total. The number of nitrogens with one attached hydrogen (secondary N) is 2. The second kappa shape index (κ2) is 6.46. The summed E-state index contributed by atoms with van der Waals surface area (Å²) in [6, 6.07) is 10.3. The summed E-state index contributed by atoms with van der Waals surface area (Å²) in [5.41, 5.74) is -1.11. The third-order valence-corrected chi connectivity index (χ3v) is 2.82. The van der Waals surface area contributed by atoms with Gasteiger partial charge in [0.25, 0.3) is 0 Å². The first-order chi connectivity index (χ1) is 10.4. The molecule has 0 aliphatic heterocycles. The zero-order chi connectivity index (χ0) is 16.2. The third kappa shape index (κ3) is 3.97. The van der Waals surface area contributed by atoms with Crippen molar-refractivity contribution in [2.45, 2.75) is 6.18 Å². The van der Waals surface area contributed by atoms with Gasteiger partial charge in [-0.2, -0.15) is 13.2 Å². The Morgan fingerprint density at radius 3 is 2.18 bits per heavy atom. The highest BCUT2D eigenvalue weighted by molar-refractivity contribution is 5.93. The lowest BCUT2D eigenvalue weighted by molar-refractivity contribution is -0.137. The van der Waals surface area contributed by atoms with E-state index in [1.54, 1.807) is 0 Å². The minimum atomic E-state index is -4.52. The number of alkyl halides is 3. The minimum Gasteiger partial charge on any atom is -0.376 e. The van der Waals surface area contributed by atoms with E-state index in [4.69, 9.17) is 0 Å². The molecule has 2 aromatic rings. The molecule has 0 aromatic heterocycles. The molecule has 2 rings (SSSR count). The van der Waals surface area contributed by atoms with Gasteiger partial charge in [-0.3, -0.25) is 4.79 Å². The molecule has 1 amide bonds. The number of benzene rings is 2. The average molecular weight is 312 g/mol. The van der Waals surface area contributed by atoms with Crippen molar-refractivity contribution in [2.24, 2.45) is 0 Å². The van der Waals surface area contributed by atoms with E-state index in [-0.39, 0.29) is 11.4 Å². The average Bonchev–Trinajstić information content (AvgIpc) is 2.47.